The second-order valence-electron chi connectivity index (χ2n) is 4.16. The quantitative estimate of drug-likeness (QED) is 0.784. The minimum absolute atomic E-state index is 0.536. The summed E-state index contributed by atoms with van der Waals surface area (Å²) >= 11 is 0. The van der Waals surface area contributed by atoms with Crippen molar-refractivity contribution in [1.29, 1.82) is 0 Å². The predicted molar refractivity (Wildman–Crippen MR) is 75.8 cm³/mol. The van der Waals surface area contributed by atoms with Crippen molar-refractivity contribution in [3.63, 3.8) is 0 Å². The van der Waals surface area contributed by atoms with Crippen LogP contribution in [-0.2, 0) is 0 Å². The van der Waals surface area contributed by atoms with Crippen LogP contribution < -0.4 is 9.47 Å². The van der Waals surface area contributed by atoms with Crippen molar-refractivity contribution < 1.29 is 19.1 Å². The molecule has 0 aliphatic rings. The Bertz CT molecular complexity index is 589. The van der Waals surface area contributed by atoms with E-state index in [2.05, 4.69) is 0 Å². The van der Waals surface area contributed by atoms with Crippen molar-refractivity contribution in [2.75, 3.05) is 14.2 Å². The fraction of sp³-hybridized carbons (Fsp3) is 0.125. The van der Waals surface area contributed by atoms with Crippen LogP contribution in [0.25, 0.3) is 11.1 Å². The minimum Gasteiger partial charge on any atom is -0.496 e. The maximum absolute atomic E-state index is 10.8. The topological polar surface area (TPSA) is 52.6 Å². The normalized spacial score (nSPS) is 9.90. The molecule has 0 saturated heterocycles. The molecular formula is C16H14O4. The molecule has 0 aromatic heterocycles. The molecule has 2 rings (SSSR count). The van der Waals surface area contributed by atoms with E-state index in [4.69, 9.17) is 9.47 Å². The van der Waals surface area contributed by atoms with Gasteiger partial charge in [0.15, 0.2) is 0 Å². The highest BCUT2D eigenvalue weighted by molar-refractivity contribution is 5.84. The van der Waals surface area contributed by atoms with Crippen molar-refractivity contribution in [2.45, 2.75) is 0 Å². The van der Waals surface area contributed by atoms with Gasteiger partial charge in [-0.1, -0.05) is 12.1 Å². The average Bonchev–Trinajstić information content (AvgIpc) is 2.53. The predicted octanol–water partition coefficient (Wildman–Crippen LogP) is 3.00. The van der Waals surface area contributed by atoms with E-state index in [1.165, 1.54) is 0 Å². The van der Waals surface area contributed by atoms with Crippen molar-refractivity contribution in [1.82, 2.24) is 0 Å². The first-order valence-electron chi connectivity index (χ1n) is 6.00. The second-order valence-corrected chi connectivity index (χ2v) is 4.16. The maximum atomic E-state index is 10.8. The third kappa shape index (κ3) is 2.54. The first-order chi connectivity index (χ1) is 9.73. The number of aldehydes is 2. The Hall–Kier alpha value is -2.62. The zero-order chi connectivity index (χ0) is 14.5. The van der Waals surface area contributed by atoms with E-state index in [1.807, 2.05) is 0 Å². The van der Waals surface area contributed by atoms with Crippen LogP contribution in [0.15, 0.2) is 36.4 Å². The van der Waals surface area contributed by atoms with Gasteiger partial charge in [-0.3, -0.25) is 9.59 Å². The molecule has 0 unspecified atom stereocenters. The number of rotatable bonds is 5. The van der Waals surface area contributed by atoms with Crippen LogP contribution in [0.5, 0.6) is 11.5 Å². The molecule has 0 saturated carbocycles. The molecule has 0 aliphatic carbocycles. The van der Waals surface area contributed by atoms with Gasteiger partial charge in [0.25, 0.3) is 0 Å². The molecule has 0 spiro atoms. The Kier molecular flexibility index (Phi) is 4.15. The van der Waals surface area contributed by atoms with Gasteiger partial charge < -0.3 is 9.47 Å². The van der Waals surface area contributed by atoms with E-state index in [9.17, 15) is 9.59 Å². The van der Waals surface area contributed by atoms with E-state index >= 15 is 0 Å². The van der Waals surface area contributed by atoms with Crippen LogP contribution in [-0.4, -0.2) is 26.8 Å². The largest absolute Gasteiger partial charge is 0.496 e. The first kappa shape index (κ1) is 13.8. The van der Waals surface area contributed by atoms with Crippen LogP contribution in [0.3, 0.4) is 0 Å². The summed E-state index contributed by atoms with van der Waals surface area (Å²) in [7, 11) is 3.08. The summed E-state index contributed by atoms with van der Waals surface area (Å²) in [6.45, 7) is 0. The number of methoxy groups -OCH3 is 2. The van der Waals surface area contributed by atoms with Gasteiger partial charge in [-0.2, -0.15) is 0 Å². The van der Waals surface area contributed by atoms with Crippen LogP contribution in [0.1, 0.15) is 20.7 Å². The lowest BCUT2D eigenvalue weighted by molar-refractivity contribution is 0.111. The molecule has 102 valence electrons. The molecule has 2 aromatic carbocycles. The lowest BCUT2D eigenvalue weighted by Crippen LogP contribution is -1.94. The van der Waals surface area contributed by atoms with Gasteiger partial charge in [-0.25, -0.2) is 0 Å². The number of hydrogen-bond donors (Lipinski definition) is 0. The molecule has 0 amide bonds. The zero-order valence-electron chi connectivity index (χ0n) is 11.3. The molecule has 0 fully saturated rings. The summed E-state index contributed by atoms with van der Waals surface area (Å²) in [5.74, 6) is 1.15. The fourth-order valence-corrected chi connectivity index (χ4v) is 2.01. The standard InChI is InChI=1S/C16H14O4/c1-19-15-7-11(9-17)3-5-13(15)14-6-4-12(10-18)8-16(14)20-2/h3-10H,1-2H3. The second kappa shape index (κ2) is 6.02. The summed E-state index contributed by atoms with van der Waals surface area (Å²) in [4.78, 5) is 21.6. The smallest absolute Gasteiger partial charge is 0.150 e. The lowest BCUT2D eigenvalue weighted by atomic mass is 10.0. The van der Waals surface area contributed by atoms with E-state index in [-0.39, 0.29) is 0 Å². The van der Waals surface area contributed by atoms with Crippen LogP contribution in [0.2, 0.25) is 0 Å². The summed E-state index contributed by atoms with van der Waals surface area (Å²) in [6, 6.07) is 10.3. The van der Waals surface area contributed by atoms with Crippen molar-refractivity contribution in [3.8, 4) is 22.6 Å². The molecule has 2 aromatic rings. The van der Waals surface area contributed by atoms with Crippen molar-refractivity contribution in [3.05, 3.63) is 47.5 Å². The van der Waals surface area contributed by atoms with E-state index < -0.39 is 0 Å². The van der Waals surface area contributed by atoms with E-state index in [0.717, 1.165) is 23.7 Å². The molecule has 0 N–H and O–H groups in total. The van der Waals surface area contributed by atoms with Crippen LogP contribution >= 0.6 is 0 Å². The van der Waals surface area contributed by atoms with Gasteiger partial charge in [-0.05, 0) is 24.3 Å². The highest BCUT2D eigenvalue weighted by atomic mass is 16.5. The fourth-order valence-electron chi connectivity index (χ4n) is 2.01. The number of hydrogen-bond acceptors (Lipinski definition) is 4. The molecule has 0 radical (unpaired) electrons. The lowest BCUT2D eigenvalue weighted by Gasteiger charge is -2.13. The Morgan fingerprint density at radius 1 is 0.750 bits per heavy atom. The Labute approximate surface area is 116 Å². The van der Waals surface area contributed by atoms with Crippen molar-refractivity contribution >= 4 is 12.6 Å². The highest BCUT2D eigenvalue weighted by Gasteiger charge is 2.12. The summed E-state index contributed by atoms with van der Waals surface area (Å²) in [6.07, 6.45) is 1.53. The third-order valence-corrected chi connectivity index (χ3v) is 3.01. The molecule has 0 aliphatic heterocycles. The van der Waals surface area contributed by atoms with Gasteiger partial charge in [0, 0.05) is 22.3 Å². The number of benzene rings is 2. The van der Waals surface area contributed by atoms with E-state index in [0.29, 0.717) is 22.6 Å². The molecule has 4 heteroatoms. The molecule has 4 nitrogen and oxygen atoms in total. The van der Waals surface area contributed by atoms with Gasteiger partial charge in [0.2, 0.25) is 0 Å². The van der Waals surface area contributed by atoms with E-state index in [1.54, 1.807) is 50.6 Å². The van der Waals surface area contributed by atoms with Gasteiger partial charge in [0.1, 0.15) is 24.1 Å². The summed E-state index contributed by atoms with van der Waals surface area (Å²) < 4.78 is 10.6. The zero-order valence-corrected chi connectivity index (χ0v) is 11.3. The number of carbonyl (C=O) groups excluding carboxylic acids is 2. The molecule has 20 heavy (non-hydrogen) atoms. The highest BCUT2D eigenvalue weighted by Crippen LogP contribution is 2.37. The third-order valence-electron chi connectivity index (χ3n) is 3.01. The van der Waals surface area contributed by atoms with Crippen molar-refractivity contribution in [2.24, 2.45) is 0 Å². The van der Waals surface area contributed by atoms with Crippen LogP contribution in [0.4, 0.5) is 0 Å². The Balaban J connectivity index is 2.61. The molecule has 0 heterocycles. The van der Waals surface area contributed by atoms with Crippen LogP contribution in [0, 0.1) is 0 Å². The van der Waals surface area contributed by atoms with Gasteiger partial charge in [0.05, 0.1) is 14.2 Å². The summed E-state index contributed by atoms with van der Waals surface area (Å²) in [5.41, 5.74) is 2.67. The molecule has 0 bridgehead atoms. The Morgan fingerprint density at radius 2 is 1.15 bits per heavy atom. The molecular weight excluding hydrogens is 256 g/mol. The molecule has 0 atom stereocenters. The summed E-state index contributed by atoms with van der Waals surface area (Å²) in [5, 5.41) is 0. The maximum Gasteiger partial charge on any atom is 0.150 e. The Morgan fingerprint density at radius 3 is 1.45 bits per heavy atom. The average molecular weight is 270 g/mol. The van der Waals surface area contributed by atoms with Gasteiger partial charge >= 0.3 is 0 Å². The number of ether oxygens (including phenoxy) is 2. The SMILES string of the molecule is COc1cc(C=O)ccc1-c1ccc(C=O)cc1OC. The van der Waals surface area contributed by atoms with Gasteiger partial charge in [-0.15, -0.1) is 0 Å². The minimum atomic E-state index is 0.536. The first-order valence-corrected chi connectivity index (χ1v) is 6.00. The number of carbonyl (C=O) groups is 2. The monoisotopic (exact) mass is 270 g/mol.